The molecule has 0 aromatic heterocycles. The van der Waals surface area contributed by atoms with E-state index in [1.807, 2.05) is 24.3 Å². The molecule has 1 N–H and O–H groups in total. The van der Waals surface area contributed by atoms with Crippen molar-refractivity contribution in [2.24, 2.45) is 0 Å². The summed E-state index contributed by atoms with van der Waals surface area (Å²) in [5.74, 6) is 1.69. The van der Waals surface area contributed by atoms with Crippen molar-refractivity contribution in [2.75, 3.05) is 19.8 Å². The molecule has 0 aliphatic carbocycles. The van der Waals surface area contributed by atoms with Crippen LogP contribution < -0.4 is 14.8 Å². The second kappa shape index (κ2) is 5.62. The summed E-state index contributed by atoms with van der Waals surface area (Å²) < 4.78 is 17.4. The van der Waals surface area contributed by atoms with Gasteiger partial charge in [-0.05, 0) is 38.8 Å². The van der Waals surface area contributed by atoms with Crippen molar-refractivity contribution in [1.82, 2.24) is 5.32 Å². The largest absolute Gasteiger partial charge is 0.486 e. The van der Waals surface area contributed by atoms with Crippen LogP contribution in [0.5, 0.6) is 11.5 Å². The minimum Gasteiger partial charge on any atom is -0.486 e. The molecule has 2 heterocycles. The van der Waals surface area contributed by atoms with Crippen LogP contribution in [0.1, 0.15) is 26.7 Å². The molecule has 20 heavy (non-hydrogen) atoms. The molecular formula is C16H23NO3. The molecule has 2 unspecified atom stereocenters. The molecule has 2 aliphatic heterocycles. The number of benzene rings is 1. The normalized spacial score (nSPS) is 28.1. The summed E-state index contributed by atoms with van der Waals surface area (Å²) in [6.45, 7) is 6.55. The minimum absolute atomic E-state index is 0.0214. The van der Waals surface area contributed by atoms with Crippen molar-refractivity contribution in [3.05, 3.63) is 24.3 Å². The van der Waals surface area contributed by atoms with E-state index < -0.39 is 0 Å². The van der Waals surface area contributed by atoms with Gasteiger partial charge in [0.05, 0.1) is 5.60 Å². The van der Waals surface area contributed by atoms with Crippen molar-refractivity contribution in [2.45, 2.75) is 44.4 Å². The summed E-state index contributed by atoms with van der Waals surface area (Å²) in [6.07, 6.45) is 2.18. The maximum Gasteiger partial charge on any atom is 0.161 e. The molecule has 1 saturated heterocycles. The van der Waals surface area contributed by atoms with E-state index in [1.165, 1.54) is 0 Å². The number of nitrogens with one attached hydrogen (secondary N) is 1. The average molecular weight is 277 g/mol. The highest BCUT2D eigenvalue weighted by molar-refractivity contribution is 5.40. The predicted molar refractivity (Wildman–Crippen MR) is 77.4 cm³/mol. The van der Waals surface area contributed by atoms with Crippen LogP contribution in [-0.2, 0) is 4.74 Å². The highest BCUT2D eigenvalue weighted by atomic mass is 16.6. The SMILES string of the molecule is CC1(C)CC(NCC2COc3ccccc3O2)CCO1. The smallest absolute Gasteiger partial charge is 0.161 e. The van der Waals surface area contributed by atoms with Crippen molar-refractivity contribution < 1.29 is 14.2 Å². The van der Waals surface area contributed by atoms with Crippen LogP contribution in [0.25, 0.3) is 0 Å². The van der Waals surface area contributed by atoms with Crippen LogP contribution in [0.2, 0.25) is 0 Å². The van der Waals surface area contributed by atoms with Gasteiger partial charge in [-0.1, -0.05) is 12.1 Å². The van der Waals surface area contributed by atoms with E-state index in [-0.39, 0.29) is 11.7 Å². The van der Waals surface area contributed by atoms with Gasteiger partial charge >= 0.3 is 0 Å². The van der Waals surface area contributed by atoms with Crippen LogP contribution in [0.3, 0.4) is 0 Å². The first-order valence-corrected chi connectivity index (χ1v) is 7.38. The van der Waals surface area contributed by atoms with E-state index >= 15 is 0 Å². The zero-order valence-corrected chi connectivity index (χ0v) is 12.2. The molecule has 2 atom stereocenters. The second-order valence-electron chi connectivity index (χ2n) is 6.20. The molecule has 0 spiro atoms. The zero-order chi connectivity index (χ0) is 14.0. The third-order valence-electron chi connectivity index (χ3n) is 3.90. The van der Waals surface area contributed by atoms with E-state index in [4.69, 9.17) is 14.2 Å². The summed E-state index contributed by atoms with van der Waals surface area (Å²) in [4.78, 5) is 0. The van der Waals surface area contributed by atoms with Crippen LogP contribution >= 0.6 is 0 Å². The van der Waals surface area contributed by atoms with Gasteiger partial charge in [-0.25, -0.2) is 0 Å². The fraction of sp³-hybridized carbons (Fsp3) is 0.625. The Bertz CT molecular complexity index is 461. The van der Waals surface area contributed by atoms with Crippen LogP contribution in [0, 0.1) is 0 Å². The maximum atomic E-state index is 5.96. The van der Waals surface area contributed by atoms with Crippen molar-refractivity contribution in [3.63, 3.8) is 0 Å². The molecule has 1 fully saturated rings. The topological polar surface area (TPSA) is 39.7 Å². The predicted octanol–water partition coefficient (Wildman–Crippen LogP) is 2.37. The Labute approximate surface area is 120 Å². The lowest BCUT2D eigenvalue weighted by molar-refractivity contribution is -0.0641. The molecule has 110 valence electrons. The first kappa shape index (κ1) is 13.7. The second-order valence-corrected chi connectivity index (χ2v) is 6.20. The third kappa shape index (κ3) is 3.25. The highest BCUT2D eigenvalue weighted by Gasteiger charge is 2.29. The lowest BCUT2D eigenvalue weighted by Gasteiger charge is -2.37. The lowest BCUT2D eigenvalue weighted by atomic mass is 9.94. The van der Waals surface area contributed by atoms with E-state index in [0.717, 1.165) is 37.5 Å². The van der Waals surface area contributed by atoms with E-state index in [1.54, 1.807) is 0 Å². The Morgan fingerprint density at radius 2 is 2.05 bits per heavy atom. The van der Waals surface area contributed by atoms with Gasteiger partial charge in [-0.3, -0.25) is 0 Å². The Kier molecular flexibility index (Phi) is 3.85. The van der Waals surface area contributed by atoms with Gasteiger partial charge in [-0.15, -0.1) is 0 Å². The fourth-order valence-electron chi connectivity index (χ4n) is 2.87. The van der Waals surface area contributed by atoms with Gasteiger partial charge < -0.3 is 19.5 Å². The molecule has 1 aromatic carbocycles. The standard InChI is InChI=1S/C16H23NO3/c1-16(2)9-12(7-8-19-16)17-10-13-11-18-14-5-3-4-6-15(14)20-13/h3-6,12-13,17H,7-11H2,1-2H3. The number of fused-ring (bicyclic) bond motifs is 1. The lowest BCUT2D eigenvalue weighted by Crippen LogP contribution is -2.48. The number of para-hydroxylation sites is 2. The quantitative estimate of drug-likeness (QED) is 0.921. The van der Waals surface area contributed by atoms with Crippen molar-refractivity contribution in [1.29, 1.82) is 0 Å². The maximum absolute atomic E-state index is 5.96. The monoisotopic (exact) mass is 277 g/mol. The van der Waals surface area contributed by atoms with Gasteiger partial charge in [0.2, 0.25) is 0 Å². The molecule has 0 saturated carbocycles. The average Bonchev–Trinajstić information content (AvgIpc) is 2.44. The molecule has 4 nitrogen and oxygen atoms in total. The Hall–Kier alpha value is -1.26. The number of rotatable bonds is 3. The van der Waals surface area contributed by atoms with Gasteiger partial charge in [-0.2, -0.15) is 0 Å². The van der Waals surface area contributed by atoms with E-state index in [9.17, 15) is 0 Å². The third-order valence-corrected chi connectivity index (χ3v) is 3.90. The summed E-state index contributed by atoms with van der Waals surface area (Å²) >= 11 is 0. The molecule has 0 bridgehead atoms. The molecule has 0 radical (unpaired) electrons. The van der Waals surface area contributed by atoms with Crippen LogP contribution in [0.4, 0.5) is 0 Å². The van der Waals surface area contributed by atoms with Crippen molar-refractivity contribution in [3.8, 4) is 11.5 Å². The molecular weight excluding hydrogens is 254 g/mol. The van der Waals surface area contributed by atoms with Gasteiger partial charge in [0.25, 0.3) is 0 Å². The number of ether oxygens (including phenoxy) is 3. The minimum atomic E-state index is -0.0214. The van der Waals surface area contributed by atoms with Gasteiger partial charge in [0.1, 0.15) is 12.7 Å². The van der Waals surface area contributed by atoms with E-state index in [2.05, 4.69) is 19.2 Å². The molecule has 0 amide bonds. The molecule has 4 heteroatoms. The summed E-state index contributed by atoms with van der Waals surface area (Å²) in [6, 6.07) is 8.34. The Balaban J connectivity index is 1.50. The summed E-state index contributed by atoms with van der Waals surface area (Å²) in [5.41, 5.74) is -0.0214. The fourth-order valence-corrected chi connectivity index (χ4v) is 2.87. The first-order chi connectivity index (χ1) is 9.62. The number of hydrogen-bond donors (Lipinski definition) is 1. The molecule has 1 aromatic rings. The first-order valence-electron chi connectivity index (χ1n) is 7.38. The number of hydrogen-bond acceptors (Lipinski definition) is 4. The Morgan fingerprint density at radius 3 is 2.85 bits per heavy atom. The van der Waals surface area contributed by atoms with Crippen LogP contribution in [0.15, 0.2) is 24.3 Å². The van der Waals surface area contributed by atoms with Gasteiger partial charge in [0.15, 0.2) is 11.5 Å². The Morgan fingerprint density at radius 1 is 1.25 bits per heavy atom. The molecule has 2 aliphatic rings. The van der Waals surface area contributed by atoms with Gasteiger partial charge in [0, 0.05) is 19.2 Å². The summed E-state index contributed by atoms with van der Waals surface area (Å²) in [7, 11) is 0. The summed E-state index contributed by atoms with van der Waals surface area (Å²) in [5, 5.41) is 3.59. The highest BCUT2D eigenvalue weighted by Crippen LogP contribution is 2.31. The van der Waals surface area contributed by atoms with Crippen LogP contribution in [-0.4, -0.2) is 37.5 Å². The van der Waals surface area contributed by atoms with Crippen molar-refractivity contribution >= 4 is 0 Å². The molecule has 3 rings (SSSR count). The van der Waals surface area contributed by atoms with E-state index in [0.29, 0.717) is 12.6 Å². The zero-order valence-electron chi connectivity index (χ0n) is 12.2.